The number of hydrogen-bond donors (Lipinski definition) is 0. The molecule has 0 bridgehead atoms. The monoisotopic (exact) mass is 371 g/mol. The molecule has 0 aliphatic heterocycles. The summed E-state index contributed by atoms with van der Waals surface area (Å²) in [5, 5.41) is -0.134. The molecule has 0 aromatic carbocycles. The molecule has 1 fully saturated rings. The molecule has 1 unspecified atom stereocenters. The molecule has 1 aliphatic carbocycles. The Morgan fingerprint density at radius 1 is 1.52 bits per heavy atom. The first-order valence-corrected chi connectivity index (χ1v) is 8.61. The summed E-state index contributed by atoms with van der Waals surface area (Å²) < 4.78 is 8.74. The normalized spacial score (nSPS) is 16.5. The van der Waals surface area contributed by atoms with Gasteiger partial charge < -0.3 is 9.30 Å². The second kappa shape index (κ2) is 6.63. The zero-order valence-electron chi connectivity index (χ0n) is 12.1. The molecule has 1 atom stereocenters. The van der Waals surface area contributed by atoms with Crippen LogP contribution in [0.15, 0.2) is 16.7 Å². The van der Waals surface area contributed by atoms with Crippen LogP contribution >= 0.6 is 27.5 Å². The molecule has 0 radical (unpaired) electrons. The smallest absolute Gasteiger partial charge is 0.160 e. The zero-order valence-corrected chi connectivity index (χ0v) is 14.4. The summed E-state index contributed by atoms with van der Waals surface area (Å²) in [5.74, 6) is 1.69. The fourth-order valence-electron chi connectivity index (χ4n) is 2.39. The third-order valence-electron chi connectivity index (χ3n) is 3.66. The first kappa shape index (κ1) is 15.3. The maximum atomic E-state index is 6.26. The highest BCUT2D eigenvalue weighted by Crippen LogP contribution is 2.29. The Labute approximate surface area is 138 Å². The van der Waals surface area contributed by atoms with Crippen molar-refractivity contribution in [1.29, 1.82) is 0 Å². The van der Waals surface area contributed by atoms with Crippen LogP contribution in [0.1, 0.15) is 37.4 Å². The molecule has 4 nitrogen and oxygen atoms in total. The van der Waals surface area contributed by atoms with Crippen LogP contribution in [0.2, 0.25) is 0 Å². The molecule has 0 N–H and O–H groups in total. The Balaban J connectivity index is 1.70. The number of rotatable bonds is 7. The number of pyridine rings is 1. The van der Waals surface area contributed by atoms with E-state index in [9.17, 15) is 0 Å². The average molecular weight is 373 g/mol. The SMILES string of the molecule is CC(Cl)c1nc2cc(Br)cnc2n1CCCOCC1CC1. The van der Waals surface area contributed by atoms with Crippen molar-refractivity contribution in [3.63, 3.8) is 0 Å². The van der Waals surface area contributed by atoms with Crippen molar-refractivity contribution < 1.29 is 4.74 Å². The van der Waals surface area contributed by atoms with Crippen LogP contribution in [0.4, 0.5) is 0 Å². The minimum absolute atomic E-state index is 0.134. The maximum Gasteiger partial charge on any atom is 0.160 e. The lowest BCUT2D eigenvalue weighted by Crippen LogP contribution is -2.08. The molecule has 2 aromatic heterocycles. The Morgan fingerprint density at radius 3 is 3.05 bits per heavy atom. The molecule has 0 saturated heterocycles. The van der Waals surface area contributed by atoms with E-state index in [4.69, 9.17) is 16.3 Å². The van der Waals surface area contributed by atoms with Crippen molar-refractivity contribution in [2.24, 2.45) is 5.92 Å². The van der Waals surface area contributed by atoms with Gasteiger partial charge in [0.05, 0.1) is 5.38 Å². The van der Waals surface area contributed by atoms with Gasteiger partial charge in [0.25, 0.3) is 0 Å². The largest absolute Gasteiger partial charge is 0.381 e. The highest BCUT2D eigenvalue weighted by Gasteiger charge is 2.21. The summed E-state index contributed by atoms with van der Waals surface area (Å²) in [4.78, 5) is 9.08. The quantitative estimate of drug-likeness (QED) is 0.537. The topological polar surface area (TPSA) is 39.9 Å². The molecule has 114 valence electrons. The second-order valence-electron chi connectivity index (χ2n) is 5.61. The highest BCUT2D eigenvalue weighted by atomic mass is 79.9. The van der Waals surface area contributed by atoms with Crippen molar-refractivity contribution in [2.45, 2.75) is 38.1 Å². The molecule has 1 saturated carbocycles. The van der Waals surface area contributed by atoms with Gasteiger partial charge in [-0.1, -0.05) is 0 Å². The highest BCUT2D eigenvalue weighted by molar-refractivity contribution is 9.10. The first-order chi connectivity index (χ1) is 10.1. The van der Waals surface area contributed by atoms with Gasteiger partial charge in [0.1, 0.15) is 11.3 Å². The molecule has 6 heteroatoms. The number of aromatic nitrogens is 3. The van der Waals surface area contributed by atoms with Gasteiger partial charge in [0, 0.05) is 30.4 Å². The van der Waals surface area contributed by atoms with E-state index in [1.165, 1.54) is 12.8 Å². The first-order valence-electron chi connectivity index (χ1n) is 7.38. The number of alkyl halides is 1. The van der Waals surface area contributed by atoms with Crippen molar-refractivity contribution in [1.82, 2.24) is 14.5 Å². The van der Waals surface area contributed by atoms with Gasteiger partial charge in [0.15, 0.2) is 5.65 Å². The van der Waals surface area contributed by atoms with Crippen molar-refractivity contribution in [3.8, 4) is 0 Å². The van der Waals surface area contributed by atoms with E-state index >= 15 is 0 Å². The number of fused-ring (bicyclic) bond motifs is 1. The number of halogens is 2. The van der Waals surface area contributed by atoms with Gasteiger partial charge in [-0.2, -0.15) is 0 Å². The number of ether oxygens (including phenoxy) is 1. The molecular formula is C15H19BrClN3O. The van der Waals surface area contributed by atoms with Crippen molar-refractivity contribution >= 4 is 38.7 Å². The van der Waals surface area contributed by atoms with Crippen molar-refractivity contribution in [3.05, 3.63) is 22.6 Å². The van der Waals surface area contributed by atoms with Crippen LogP contribution < -0.4 is 0 Å². The van der Waals surface area contributed by atoms with E-state index < -0.39 is 0 Å². The van der Waals surface area contributed by atoms with Gasteiger partial charge in [-0.05, 0) is 54.1 Å². The van der Waals surface area contributed by atoms with Gasteiger partial charge in [-0.3, -0.25) is 0 Å². The van der Waals surface area contributed by atoms with Crippen LogP contribution in [0.25, 0.3) is 11.2 Å². The summed E-state index contributed by atoms with van der Waals surface area (Å²) in [6, 6.07) is 1.98. The molecule has 2 aromatic rings. The van der Waals surface area contributed by atoms with E-state index in [1.54, 1.807) is 6.20 Å². The third kappa shape index (κ3) is 3.76. The van der Waals surface area contributed by atoms with Crippen LogP contribution in [-0.2, 0) is 11.3 Å². The van der Waals surface area contributed by atoms with Gasteiger partial charge in [-0.25, -0.2) is 9.97 Å². The van der Waals surface area contributed by atoms with Crippen LogP contribution in [0.3, 0.4) is 0 Å². The minimum atomic E-state index is -0.134. The van der Waals surface area contributed by atoms with E-state index in [2.05, 4.69) is 30.5 Å². The second-order valence-corrected chi connectivity index (χ2v) is 7.18. The number of aryl methyl sites for hydroxylation is 1. The Morgan fingerprint density at radius 2 is 2.33 bits per heavy atom. The summed E-state index contributed by atoms with van der Waals surface area (Å²) in [6.07, 6.45) is 5.41. The van der Waals surface area contributed by atoms with E-state index in [1.807, 2.05) is 13.0 Å². The van der Waals surface area contributed by atoms with Crippen LogP contribution in [0, 0.1) is 5.92 Å². The van der Waals surface area contributed by atoms with Crippen molar-refractivity contribution in [2.75, 3.05) is 13.2 Å². The fourth-order valence-corrected chi connectivity index (χ4v) is 2.87. The molecule has 0 amide bonds. The minimum Gasteiger partial charge on any atom is -0.381 e. The zero-order chi connectivity index (χ0) is 14.8. The van der Waals surface area contributed by atoms with E-state index in [-0.39, 0.29) is 5.38 Å². The Bertz CT molecular complexity index is 625. The lowest BCUT2D eigenvalue weighted by molar-refractivity contribution is 0.119. The maximum absolute atomic E-state index is 6.26. The van der Waals surface area contributed by atoms with Gasteiger partial charge in [0.2, 0.25) is 0 Å². The summed E-state index contributed by atoms with van der Waals surface area (Å²) in [7, 11) is 0. The van der Waals surface area contributed by atoms with Gasteiger partial charge >= 0.3 is 0 Å². The summed E-state index contributed by atoms with van der Waals surface area (Å²) in [5.41, 5.74) is 1.77. The third-order valence-corrected chi connectivity index (χ3v) is 4.29. The standard InChI is InChI=1S/C15H19BrClN3O/c1-10(17)14-19-13-7-12(16)8-18-15(13)20(14)5-2-6-21-9-11-3-4-11/h7-8,10-11H,2-6,9H2,1H3. The fraction of sp³-hybridized carbons (Fsp3) is 0.600. The predicted octanol–water partition coefficient (Wildman–Crippen LogP) is 4.31. The van der Waals surface area contributed by atoms with Crippen LogP contribution in [-0.4, -0.2) is 27.7 Å². The molecule has 3 rings (SSSR count). The molecule has 2 heterocycles. The molecule has 1 aliphatic rings. The lowest BCUT2D eigenvalue weighted by Gasteiger charge is -2.10. The Hall–Kier alpha value is -0.650. The number of nitrogens with zero attached hydrogens (tertiary/aromatic N) is 3. The number of hydrogen-bond acceptors (Lipinski definition) is 3. The number of imidazole rings is 1. The lowest BCUT2D eigenvalue weighted by atomic mass is 10.4. The van der Waals surface area contributed by atoms with E-state index in [0.29, 0.717) is 0 Å². The molecule has 21 heavy (non-hydrogen) atoms. The summed E-state index contributed by atoms with van der Waals surface area (Å²) in [6.45, 7) is 4.47. The van der Waals surface area contributed by atoms with E-state index in [0.717, 1.165) is 53.6 Å². The average Bonchev–Trinajstić information content (AvgIpc) is 3.19. The predicted molar refractivity (Wildman–Crippen MR) is 87.7 cm³/mol. The molecule has 0 spiro atoms. The molecular weight excluding hydrogens is 354 g/mol. The van der Waals surface area contributed by atoms with Gasteiger partial charge in [-0.15, -0.1) is 11.6 Å². The summed E-state index contributed by atoms with van der Waals surface area (Å²) >= 11 is 9.69. The van der Waals surface area contributed by atoms with Crippen LogP contribution in [0.5, 0.6) is 0 Å². The Kier molecular flexibility index (Phi) is 4.82.